The first-order valence-electron chi connectivity index (χ1n) is 7.20. The molecule has 2 nitrogen and oxygen atoms in total. The number of aryl methyl sites for hydroxylation is 1. The van der Waals surface area contributed by atoms with E-state index < -0.39 is 0 Å². The van der Waals surface area contributed by atoms with E-state index in [0.29, 0.717) is 5.11 Å². The molecule has 22 heavy (non-hydrogen) atoms. The lowest BCUT2D eigenvalue weighted by molar-refractivity contribution is 0.796. The Balaban J connectivity index is 2.05. The highest BCUT2D eigenvalue weighted by Crippen LogP contribution is 2.23. The van der Waals surface area contributed by atoms with Gasteiger partial charge >= 0.3 is 0 Å². The second-order valence-corrected chi connectivity index (χ2v) is 6.75. The van der Waals surface area contributed by atoms with Crippen LogP contribution in [0.1, 0.15) is 25.3 Å². The quantitative estimate of drug-likeness (QED) is 0.583. The molecule has 0 aromatic heterocycles. The van der Waals surface area contributed by atoms with Crippen LogP contribution < -0.4 is 10.6 Å². The number of benzene rings is 2. The van der Waals surface area contributed by atoms with Crippen molar-refractivity contribution in [3.8, 4) is 0 Å². The van der Waals surface area contributed by atoms with Crippen LogP contribution in [0.25, 0.3) is 0 Å². The fourth-order valence-corrected chi connectivity index (χ4v) is 2.76. The van der Waals surface area contributed by atoms with Crippen molar-refractivity contribution in [2.24, 2.45) is 0 Å². The van der Waals surface area contributed by atoms with E-state index in [1.165, 1.54) is 5.56 Å². The second kappa shape index (κ2) is 8.51. The average Bonchev–Trinajstić information content (AvgIpc) is 2.50. The van der Waals surface area contributed by atoms with Crippen molar-refractivity contribution in [1.82, 2.24) is 0 Å². The molecule has 2 aromatic rings. The van der Waals surface area contributed by atoms with Gasteiger partial charge in [0.15, 0.2) is 5.11 Å². The summed E-state index contributed by atoms with van der Waals surface area (Å²) >= 11 is 14.9. The summed E-state index contributed by atoms with van der Waals surface area (Å²) in [5.41, 5.74) is 3.14. The third kappa shape index (κ3) is 5.27. The molecule has 2 aromatic carbocycles. The van der Waals surface area contributed by atoms with E-state index in [9.17, 15) is 0 Å². The first-order valence-corrected chi connectivity index (χ1v) is 8.78. The second-order valence-electron chi connectivity index (χ2n) is 4.99. The maximum Gasteiger partial charge on any atom is 0.175 e. The number of unbranched alkanes of at least 4 members (excludes halogenated alkanes) is 1. The van der Waals surface area contributed by atoms with E-state index in [1.54, 1.807) is 0 Å². The summed E-state index contributed by atoms with van der Waals surface area (Å²) in [5, 5.41) is 7.77. The van der Waals surface area contributed by atoms with Gasteiger partial charge in [0.05, 0.1) is 0 Å². The molecular formula is C17H18BrClN2S. The smallest absolute Gasteiger partial charge is 0.175 e. The summed E-state index contributed by atoms with van der Waals surface area (Å²) in [6, 6.07) is 13.7. The first-order chi connectivity index (χ1) is 10.6. The van der Waals surface area contributed by atoms with E-state index in [0.717, 1.165) is 40.1 Å². The number of anilines is 2. The molecule has 0 aliphatic carbocycles. The highest BCUT2D eigenvalue weighted by Gasteiger charge is 2.06. The highest BCUT2D eigenvalue weighted by atomic mass is 79.9. The summed E-state index contributed by atoms with van der Waals surface area (Å²) in [6.45, 7) is 2.18. The van der Waals surface area contributed by atoms with E-state index in [2.05, 4.69) is 33.5 Å². The number of hydrogen-bond donors (Lipinski definition) is 2. The Morgan fingerprint density at radius 1 is 1.14 bits per heavy atom. The molecule has 116 valence electrons. The molecule has 5 heteroatoms. The Morgan fingerprint density at radius 3 is 2.55 bits per heavy atom. The van der Waals surface area contributed by atoms with Gasteiger partial charge in [-0.1, -0.05) is 40.9 Å². The number of rotatable bonds is 5. The molecule has 0 aliphatic heterocycles. The fourth-order valence-electron chi connectivity index (χ4n) is 2.08. The lowest BCUT2D eigenvalue weighted by atomic mass is 10.1. The molecule has 2 N–H and O–H groups in total. The summed E-state index contributed by atoms with van der Waals surface area (Å²) < 4.78 is 1.04. The minimum atomic E-state index is 0.572. The minimum absolute atomic E-state index is 0.572. The van der Waals surface area contributed by atoms with Crippen LogP contribution in [0.2, 0.25) is 5.02 Å². The van der Waals surface area contributed by atoms with Gasteiger partial charge in [0.25, 0.3) is 0 Å². The Hall–Kier alpha value is -1.10. The molecule has 2 rings (SSSR count). The number of thiocarbonyl (C=S) groups is 1. The predicted octanol–water partition coefficient (Wildman–Crippen LogP) is 6.25. The van der Waals surface area contributed by atoms with Crippen molar-refractivity contribution in [3.05, 3.63) is 57.5 Å². The van der Waals surface area contributed by atoms with Gasteiger partial charge in [-0.2, -0.15) is 0 Å². The lowest BCUT2D eigenvalue weighted by Crippen LogP contribution is -2.19. The zero-order chi connectivity index (χ0) is 15.9. The van der Waals surface area contributed by atoms with Gasteiger partial charge in [-0.3, -0.25) is 0 Å². The highest BCUT2D eigenvalue weighted by molar-refractivity contribution is 9.10. The predicted molar refractivity (Wildman–Crippen MR) is 104 cm³/mol. The number of nitrogens with one attached hydrogen (secondary N) is 2. The molecule has 0 saturated heterocycles. The third-order valence-electron chi connectivity index (χ3n) is 3.22. The largest absolute Gasteiger partial charge is 0.332 e. The first kappa shape index (κ1) is 17.3. The zero-order valence-corrected chi connectivity index (χ0v) is 15.5. The minimum Gasteiger partial charge on any atom is -0.332 e. The average molecular weight is 398 g/mol. The zero-order valence-electron chi connectivity index (χ0n) is 12.3. The van der Waals surface area contributed by atoms with Crippen LogP contribution in [0.15, 0.2) is 46.9 Å². The normalized spacial score (nSPS) is 10.3. The molecule has 0 amide bonds. The molecule has 0 bridgehead atoms. The molecular weight excluding hydrogens is 380 g/mol. The molecule has 0 unspecified atom stereocenters. The Morgan fingerprint density at radius 2 is 1.86 bits per heavy atom. The lowest BCUT2D eigenvalue weighted by Gasteiger charge is -2.14. The van der Waals surface area contributed by atoms with Crippen LogP contribution in [0, 0.1) is 0 Å². The van der Waals surface area contributed by atoms with Crippen molar-refractivity contribution in [2.45, 2.75) is 26.2 Å². The van der Waals surface area contributed by atoms with E-state index in [4.69, 9.17) is 23.8 Å². The summed E-state index contributed by atoms with van der Waals surface area (Å²) in [6.07, 6.45) is 3.26. The van der Waals surface area contributed by atoms with Crippen LogP contribution in [-0.4, -0.2) is 5.11 Å². The molecule has 0 saturated carbocycles. The Kier molecular flexibility index (Phi) is 6.68. The van der Waals surface area contributed by atoms with Crippen LogP contribution in [0.5, 0.6) is 0 Å². The molecule has 0 heterocycles. The van der Waals surface area contributed by atoms with Gasteiger partial charge < -0.3 is 10.6 Å². The van der Waals surface area contributed by atoms with E-state index in [1.807, 2.05) is 42.5 Å². The maximum atomic E-state index is 6.10. The maximum absolute atomic E-state index is 6.10. The Bertz CT molecular complexity index is 644. The van der Waals surface area contributed by atoms with Crippen LogP contribution in [0.3, 0.4) is 0 Å². The number of halogens is 2. The van der Waals surface area contributed by atoms with Gasteiger partial charge in [-0.25, -0.2) is 0 Å². The molecule has 0 fully saturated rings. The van der Waals surface area contributed by atoms with Gasteiger partial charge in [0.1, 0.15) is 0 Å². The monoisotopic (exact) mass is 396 g/mol. The van der Waals surface area contributed by atoms with Gasteiger partial charge in [0.2, 0.25) is 0 Å². The van der Waals surface area contributed by atoms with Crippen LogP contribution in [-0.2, 0) is 6.42 Å². The molecule has 0 radical (unpaired) electrons. The summed E-state index contributed by atoms with van der Waals surface area (Å²) in [7, 11) is 0. The van der Waals surface area contributed by atoms with E-state index in [-0.39, 0.29) is 0 Å². The van der Waals surface area contributed by atoms with Crippen molar-refractivity contribution in [3.63, 3.8) is 0 Å². The number of hydrogen-bond acceptors (Lipinski definition) is 1. The third-order valence-corrected chi connectivity index (χ3v) is 4.19. The molecule has 0 atom stereocenters. The topological polar surface area (TPSA) is 24.1 Å². The van der Waals surface area contributed by atoms with Crippen LogP contribution in [0.4, 0.5) is 11.4 Å². The standard InChI is InChI=1S/C17H18BrClN2S/c1-2-3-4-12-11-14(19)7-10-16(12)21-17(22)20-15-8-5-13(18)6-9-15/h5-11H,2-4H2,1H3,(H2,20,21,22). The molecule has 0 spiro atoms. The van der Waals surface area contributed by atoms with Crippen molar-refractivity contribution < 1.29 is 0 Å². The summed E-state index contributed by atoms with van der Waals surface area (Å²) in [4.78, 5) is 0. The van der Waals surface area contributed by atoms with E-state index >= 15 is 0 Å². The van der Waals surface area contributed by atoms with Gasteiger partial charge in [-0.15, -0.1) is 0 Å². The Labute approximate surface area is 150 Å². The van der Waals surface area contributed by atoms with Gasteiger partial charge in [0, 0.05) is 20.9 Å². The van der Waals surface area contributed by atoms with Crippen LogP contribution >= 0.6 is 39.7 Å². The molecule has 0 aliphatic rings. The van der Waals surface area contributed by atoms with Crippen molar-refractivity contribution in [1.29, 1.82) is 0 Å². The van der Waals surface area contributed by atoms with Crippen molar-refractivity contribution in [2.75, 3.05) is 10.6 Å². The summed E-state index contributed by atoms with van der Waals surface area (Å²) in [5.74, 6) is 0. The van der Waals surface area contributed by atoms with Gasteiger partial charge in [-0.05, 0) is 73.1 Å². The SMILES string of the molecule is CCCCc1cc(Cl)ccc1NC(=S)Nc1ccc(Br)cc1. The van der Waals surface area contributed by atoms with Crippen molar-refractivity contribution >= 4 is 56.2 Å². The fraction of sp³-hybridized carbons (Fsp3) is 0.235.